The summed E-state index contributed by atoms with van der Waals surface area (Å²) in [6.07, 6.45) is 1.59. The first kappa shape index (κ1) is 49.7. The molecule has 68 heavy (non-hydrogen) atoms. The van der Waals surface area contributed by atoms with Gasteiger partial charge in [0.05, 0.1) is 33.5 Å². The lowest BCUT2D eigenvalue weighted by molar-refractivity contribution is 0.0455. The minimum Gasteiger partial charge on any atom is -0.497 e. The van der Waals surface area contributed by atoms with Gasteiger partial charge < -0.3 is 52.1 Å². The highest BCUT2D eigenvalue weighted by molar-refractivity contribution is 5.92. The standard InChI is InChI=1S/C54H63NO13/c1-6-59-16-20-63-49-38-12-10-13-39(49)29-43-25-37-27-45(52(43)66-23-19-62-9-4)31-41-15-11-14-40(50(41)64-21-17-60-7-2)30-44-26-36(24-42(28-38)51(44)65-22-18-61-8-3)34-67-53(56)47-32-46(58-5)33-48(55-47)54(57)68-35-37/h10-15,24-27,32-33H,6-9,16-23,28-31,34-35H2,1-5H3. The van der Waals surface area contributed by atoms with Crippen molar-refractivity contribution in [3.8, 4) is 28.7 Å². The highest BCUT2D eigenvalue weighted by Crippen LogP contribution is 2.40. The predicted octanol–water partition coefficient (Wildman–Crippen LogP) is 8.46. The monoisotopic (exact) mass is 933 g/mol. The van der Waals surface area contributed by atoms with Gasteiger partial charge in [0.1, 0.15) is 68.4 Å². The highest BCUT2D eigenvalue weighted by atomic mass is 16.6. The number of hydrogen-bond donors (Lipinski definition) is 0. The second-order valence-corrected chi connectivity index (χ2v) is 16.1. The first-order chi connectivity index (χ1) is 33.3. The van der Waals surface area contributed by atoms with Crippen molar-refractivity contribution >= 4 is 11.9 Å². The van der Waals surface area contributed by atoms with Gasteiger partial charge in [-0.3, -0.25) is 0 Å². The zero-order valence-corrected chi connectivity index (χ0v) is 39.9. The van der Waals surface area contributed by atoms with Gasteiger partial charge in [0.25, 0.3) is 0 Å². The lowest BCUT2D eigenvalue weighted by atomic mass is 9.89. The second-order valence-electron chi connectivity index (χ2n) is 16.1. The Kier molecular flexibility index (Phi) is 18.5. The molecular weight excluding hydrogens is 871 g/mol. The molecule has 0 saturated carbocycles. The van der Waals surface area contributed by atoms with Crippen molar-refractivity contribution in [3.05, 3.63) is 140 Å². The van der Waals surface area contributed by atoms with Crippen LogP contribution < -0.4 is 23.7 Å². The molecule has 0 fully saturated rings. The number of esters is 2. The van der Waals surface area contributed by atoms with E-state index in [2.05, 4.69) is 29.2 Å². The molecule has 2 aliphatic heterocycles. The van der Waals surface area contributed by atoms with Gasteiger partial charge in [-0.15, -0.1) is 0 Å². The summed E-state index contributed by atoms with van der Waals surface area (Å²) in [5.41, 5.74) is 8.25. The van der Waals surface area contributed by atoms with Crippen LogP contribution in [0.1, 0.15) is 104 Å². The minimum absolute atomic E-state index is 0.106. The summed E-state index contributed by atoms with van der Waals surface area (Å²) in [6, 6.07) is 23.2. The first-order valence-corrected chi connectivity index (χ1v) is 23.6. The van der Waals surface area contributed by atoms with E-state index >= 15 is 0 Å². The normalized spacial score (nSPS) is 13.4. The summed E-state index contributed by atoms with van der Waals surface area (Å²) in [5, 5.41) is 0. The van der Waals surface area contributed by atoms with Crippen LogP contribution in [0.4, 0.5) is 0 Å². The third-order valence-corrected chi connectivity index (χ3v) is 11.4. The molecule has 362 valence electrons. The molecule has 5 aromatic rings. The van der Waals surface area contributed by atoms with Crippen molar-refractivity contribution in [2.75, 3.05) is 86.4 Å². The van der Waals surface area contributed by atoms with E-state index in [1.165, 1.54) is 19.2 Å². The molecule has 0 amide bonds. The number of pyridine rings is 1. The zero-order valence-electron chi connectivity index (χ0n) is 39.9. The molecule has 1 aliphatic carbocycles. The quantitative estimate of drug-likeness (QED) is 0.0502. The van der Waals surface area contributed by atoms with Crippen LogP contribution in [0.2, 0.25) is 0 Å². The molecule has 8 rings (SSSR count). The molecule has 14 heteroatoms. The Labute approximate surface area is 399 Å². The molecule has 0 saturated heterocycles. The van der Waals surface area contributed by atoms with Crippen LogP contribution in [0.3, 0.4) is 0 Å². The molecule has 0 unspecified atom stereocenters. The summed E-state index contributed by atoms with van der Waals surface area (Å²) >= 11 is 0. The lowest BCUT2D eigenvalue weighted by Crippen LogP contribution is -2.16. The summed E-state index contributed by atoms with van der Waals surface area (Å²) in [6.45, 7) is 12.6. The molecule has 0 N–H and O–H groups in total. The maximum atomic E-state index is 13.9. The number of carbonyl (C=O) groups is 2. The maximum Gasteiger partial charge on any atom is 0.357 e. The van der Waals surface area contributed by atoms with Gasteiger partial charge in [0.15, 0.2) is 11.4 Å². The molecule has 3 heterocycles. The van der Waals surface area contributed by atoms with E-state index in [0.29, 0.717) is 139 Å². The van der Waals surface area contributed by atoms with Crippen molar-refractivity contribution in [1.82, 2.24) is 4.98 Å². The van der Waals surface area contributed by atoms with Crippen LogP contribution in [-0.4, -0.2) is 103 Å². The largest absolute Gasteiger partial charge is 0.497 e. The van der Waals surface area contributed by atoms with Crippen LogP contribution in [0.5, 0.6) is 28.7 Å². The van der Waals surface area contributed by atoms with Gasteiger partial charge in [0, 0.05) is 64.2 Å². The van der Waals surface area contributed by atoms with E-state index in [1.807, 2.05) is 64.1 Å². The lowest BCUT2D eigenvalue weighted by Gasteiger charge is -2.24. The van der Waals surface area contributed by atoms with Crippen molar-refractivity contribution in [3.63, 3.8) is 0 Å². The van der Waals surface area contributed by atoms with Crippen molar-refractivity contribution < 1.29 is 61.7 Å². The molecule has 4 aromatic carbocycles. The smallest absolute Gasteiger partial charge is 0.357 e. The number of rotatable bonds is 21. The molecular formula is C54H63NO13. The molecule has 14 nitrogen and oxygen atoms in total. The van der Waals surface area contributed by atoms with Crippen molar-refractivity contribution in [2.24, 2.45) is 0 Å². The third kappa shape index (κ3) is 13.1. The first-order valence-electron chi connectivity index (χ1n) is 23.6. The van der Waals surface area contributed by atoms with Crippen LogP contribution in [0.25, 0.3) is 0 Å². The number of benzene rings is 4. The number of nitrogens with zero attached hydrogens (tertiary/aromatic N) is 1. The van der Waals surface area contributed by atoms with E-state index in [0.717, 1.165) is 44.5 Å². The van der Waals surface area contributed by atoms with E-state index in [4.69, 9.17) is 52.1 Å². The van der Waals surface area contributed by atoms with E-state index in [-0.39, 0.29) is 30.4 Å². The van der Waals surface area contributed by atoms with Crippen molar-refractivity contribution in [1.29, 1.82) is 0 Å². The Bertz CT molecular complexity index is 2230. The van der Waals surface area contributed by atoms with Gasteiger partial charge in [-0.05, 0) is 108 Å². The van der Waals surface area contributed by atoms with Gasteiger partial charge in [-0.1, -0.05) is 36.4 Å². The fourth-order valence-electron chi connectivity index (χ4n) is 8.41. The van der Waals surface area contributed by atoms with E-state index < -0.39 is 11.9 Å². The second kappa shape index (κ2) is 25.3. The minimum atomic E-state index is -0.744. The van der Waals surface area contributed by atoms with Crippen molar-refractivity contribution in [2.45, 2.75) is 66.6 Å². The zero-order chi connectivity index (χ0) is 47.7. The van der Waals surface area contributed by atoms with Gasteiger partial charge in [0.2, 0.25) is 0 Å². The number of carbonyl (C=O) groups excluding carboxylic acids is 2. The van der Waals surface area contributed by atoms with Gasteiger partial charge in [-0.2, -0.15) is 0 Å². The fraction of sp³-hybridized carbons (Fsp3) is 0.426. The number of para-hydroxylation sites is 2. The van der Waals surface area contributed by atoms with Gasteiger partial charge >= 0.3 is 11.9 Å². The van der Waals surface area contributed by atoms with Crippen LogP contribution in [0.15, 0.2) is 72.8 Å². The molecule has 0 spiro atoms. The summed E-state index contributed by atoms with van der Waals surface area (Å²) in [4.78, 5) is 32.1. The Morgan fingerprint density at radius 1 is 0.441 bits per heavy atom. The molecule has 0 radical (unpaired) electrons. The predicted molar refractivity (Wildman–Crippen MR) is 254 cm³/mol. The number of fused-ring (bicyclic) bond motifs is 4. The van der Waals surface area contributed by atoms with Crippen LogP contribution >= 0.6 is 0 Å². The highest BCUT2D eigenvalue weighted by Gasteiger charge is 2.25. The van der Waals surface area contributed by atoms with Gasteiger partial charge in [-0.25, -0.2) is 14.6 Å². The Hall–Kier alpha value is -6.19. The Balaban J connectivity index is 1.51. The summed E-state index contributed by atoms with van der Waals surface area (Å²) in [5.74, 6) is 1.54. The molecule has 0 atom stereocenters. The topological polar surface area (TPSA) is 149 Å². The molecule has 12 bridgehead atoms. The fourth-order valence-corrected chi connectivity index (χ4v) is 8.41. The summed E-state index contributed by atoms with van der Waals surface area (Å²) in [7, 11) is 1.45. The van der Waals surface area contributed by atoms with E-state index in [9.17, 15) is 9.59 Å². The third-order valence-electron chi connectivity index (χ3n) is 11.4. The average Bonchev–Trinajstić information content (AvgIpc) is 3.34. The Morgan fingerprint density at radius 3 is 1.04 bits per heavy atom. The Morgan fingerprint density at radius 2 is 0.750 bits per heavy atom. The van der Waals surface area contributed by atoms with E-state index in [1.54, 1.807) is 0 Å². The van der Waals surface area contributed by atoms with Crippen LogP contribution in [-0.2, 0) is 67.3 Å². The number of hydrogen-bond acceptors (Lipinski definition) is 14. The maximum absolute atomic E-state index is 13.9. The number of ether oxygens (including phenoxy) is 11. The SMILES string of the molecule is CCOCCOc1c2cccc1Cc1cc3cc(c1OCCOCC)Cc1cccc(c1OCCOCC)Cc1cc(cc(c1OCCOCC)C2)COC(=O)c1cc(OC)cc(n1)C(=O)OC3. The summed E-state index contributed by atoms with van der Waals surface area (Å²) < 4.78 is 67.4. The molecule has 1 aromatic heterocycles. The average molecular weight is 934 g/mol. The number of methoxy groups -OCH3 is 1. The van der Waals surface area contributed by atoms with Crippen LogP contribution in [0, 0.1) is 0 Å². The molecule has 3 aliphatic rings. The number of aromatic nitrogens is 1.